The van der Waals surface area contributed by atoms with Crippen LogP contribution in [0.25, 0.3) is 0 Å². The number of rotatable bonds is 4. The maximum atomic E-state index is 12.0. The monoisotopic (exact) mass is 294 g/mol. The molecule has 0 saturated carbocycles. The number of hydrogen-bond acceptors (Lipinski definition) is 5. The van der Waals surface area contributed by atoms with Crippen molar-refractivity contribution in [1.82, 2.24) is 10.1 Å². The molecule has 118 valence electrons. The molecular weight excluding hydrogens is 268 g/mol. The van der Waals surface area contributed by atoms with Crippen molar-refractivity contribution < 1.29 is 9.32 Å². The summed E-state index contributed by atoms with van der Waals surface area (Å²) >= 11 is 0. The predicted molar refractivity (Wildman–Crippen MR) is 82.0 cm³/mol. The van der Waals surface area contributed by atoms with Crippen molar-refractivity contribution >= 4 is 11.8 Å². The van der Waals surface area contributed by atoms with E-state index < -0.39 is 0 Å². The molecular formula is C15H26N4O2. The summed E-state index contributed by atoms with van der Waals surface area (Å²) in [6, 6.07) is 1.97. The van der Waals surface area contributed by atoms with E-state index >= 15 is 0 Å². The molecule has 21 heavy (non-hydrogen) atoms. The Balaban J connectivity index is 1.84. The van der Waals surface area contributed by atoms with Crippen molar-refractivity contribution in [3.63, 3.8) is 0 Å². The maximum absolute atomic E-state index is 12.0. The van der Waals surface area contributed by atoms with Crippen LogP contribution < -0.4 is 11.1 Å². The summed E-state index contributed by atoms with van der Waals surface area (Å²) < 4.78 is 5.17. The summed E-state index contributed by atoms with van der Waals surface area (Å²) in [5, 5.41) is 6.75. The zero-order chi connectivity index (χ0) is 15.6. The molecule has 6 heteroatoms. The highest BCUT2D eigenvalue weighted by Gasteiger charge is 2.27. The maximum Gasteiger partial charge on any atom is 0.240 e. The molecule has 1 aliphatic heterocycles. The fourth-order valence-electron chi connectivity index (χ4n) is 2.50. The van der Waals surface area contributed by atoms with Crippen LogP contribution in [0.4, 0.5) is 5.88 Å². The average molecular weight is 294 g/mol. The number of nitrogens with one attached hydrogen (secondary N) is 1. The van der Waals surface area contributed by atoms with Gasteiger partial charge in [-0.2, -0.15) is 0 Å². The van der Waals surface area contributed by atoms with Crippen molar-refractivity contribution in [2.75, 3.05) is 25.0 Å². The Morgan fingerprint density at radius 3 is 2.86 bits per heavy atom. The second-order valence-electron chi connectivity index (χ2n) is 7.02. The minimum absolute atomic E-state index is 0.0723. The zero-order valence-corrected chi connectivity index (χ0v) is 13.3. The Labute approximate surface area is 126 Å². The van der Waals surface area contributed by atoms with Crippen molar-refractivity contribution in [3.05, 3.63) is 11.8 Å². The largest absolute Gasteiger partial charge is 0.338 e. The molecule has 1 saturated heterocycles. The van der Waals surface area contributed by atoms with Crippen LogP contribution in [0.2, 0.25) is 0 Å². The van der Waals surface area contributed by atoms with Crippen LogP contribution in [-0.2, 0) is 10.2 Å². The van der Waals surface area contributed by atoms with Gasteiger partial charge in [0.25, 0.3) is 0 Å². The third kappa shape index (κ3) is 4.28. The molecule has 1 amide bonds. The number of likely N-dealkylation sites (tertiary alicyclic amines) is 1. The fourth-order valence-corrected chi connectivity index (χ4v) is 2.50. The standard InChI is InChI=1S/C15H26N4O2/c1-10(16)11-5-6-19(8-11)9-13(20)17-14-7-12(18-21-14)15(2,3)4/h7,10-11H,5-6,8-9,16H2,1-4H3,(H,17,20). The molecule has 0 radical (unpaired) electrons. The fraction of sp³-hybridized carbons (Fsp3) is 0.733. The molecule has 0 bridgehead atoms. The quantitative estimate of drug-likeness (QED) is 0.880. The van der Waals surface area contributed by atoms with Crippen molar-refractivity contribution in [1.29, 1.82) is 0 Å². The Morgan fingerprint density at radius 1 is 1.62 bits per heavy atom. The second kappa shape index (κ2) is 6.15. The predicted octanol–water partition coefficient (Wildman–Crippen LogP) is 1.58. The summed E-state index contributed by atoms with van der Waals surface area (Å²) in [5.74, 6) is 0.820. The lowest BCUT2D eigenvalue weighted by Gasteiger charge is -2.16. The van der Waals surface area contributed by atoms with E-state index in [9.17, 15) is 4.79 Å². The molecule has 3 N–H and O–H groups in total. The lowest BCUT2D eigenvalue weighted by atomic mass is 9.92. The molecule has 1 aromatic rings. The van der Waals surface area contributed by atoms with Gasteiger partial charge in [0.1, 0.15) is 0 Å². The first kappa shape index (κ1) is 16.0. The minimum Gasteiger partial charge on any atom is -0.338 e. The molecule has 1 fully saturated rings. The van der Waals surface area contributed by atoms with E-state index in [-0.39, 0.29) is 17.4 Å². The van der Waals surface area contributed by atoms with Crippen LogP contribution in [0.15, 0.2) is 10.6 Å². The number of nitrogens with zero attached hydrogens (tertiary/aromatic N) is 2. The van der Waals surface area contributed by atoms with E-state index in [0.29, 0.717) is 18.3 Å². The SMILES string of the molecule is CC(N)C1CCN(CC(=O)Nc2cc(C(C)(C)C)no2)C1. The molecule has 6 nitrogen and oxygen atoms in total. The summed E-state index contributed by atoms with van der Waals surface area (Å²) in [6.07, 6.45) is 1.06. The van der Waals surface area contributed by atoms with Crippen molar-refractivity contribution in [3.8, 4) is 0 Å². The van der Waals surface area contributed by atoms with Crippen LogP contribution >= 0.6 is 0 Å². The van der Waals surface area contributed by atoms with Gasteiger partial charge in [0.2, 0.25) is 11.8 Å². The zero-order valence-electron chi connectivity index (χ0n) is 13.3. The van der Waals surface area contributed by atoms with Gasteiger partial charge in [0.05, 0.1) is 12.2 Å². The van der Waals surface area contributed by atoms with E-state index in [1.54, 1.807) is 6.07 Å². The lowest BCUT2D eigenvalue weighted by Crippen LogP contribution is -2.34. The summed E-state index contributed by atoms with van der Waals surface area (Å²) in [5.41, 5.74) is 6.65. The Kier molecular flexibility index (Phi) is 4.68. The number of aromatic nitrogens is 1. The van der Waals surface area contributed by atoms with E-state index in [1.165, 1.54) is 0 Å². The molecule has 0 spiro atoms. The Hall–Kier alpha value is -1.40. The van der Waals surface area contributed by atoms with Crippen molar-refractivity contribution in [2.45, 2.75) is 45.6 Å². The van der Waals surface area contributed by atoms with E-state index in [1.807, 2.05) is 6.92 Å². The second-order valence-corrected chi connectivity index (χ2v) is 7.02. The van der Waals surface area contributed by atoms with E-state index in [4.69, 9.17) is 10.3 Å². The molecule has 0 aliphatic carbocycles. The molecule has 1 aliphatic rings. The van der Waals surface area contributed by atoms with Gasteiger partial charge in [-0.05, 0) is 25.8 Å². The topological polar surface area (TPSA) is 84.4 Å². The van der Waals surface area contributed by atoms with E-state index in [2.05, 4.69) is 36.1 Å². The molecule has 2 unspecified atom stereocenters. The minimum atomic E-state index is -0.0914. The number of carbonyl (C=O) groups excluding carboxylic acids is 1. The first-order chi connectivity index (χ1) is 9.75. The number of nitrogens with two attached hydrogens (primary N) is 1. The molecule has 2 heterocycles. The normalized spacial score (nSPS) is 21.5. The van der Waals surface area contributed by atoms with Crippen LogP contribution in [0.5, 0.6) is 0 Å². The highest BCUT2D eigenvalue weighted by molar-refractivity contribution is 5.91. The number of amides is 1. The van der Waals surface area contributed by atoms with Gasteiger partial charge in [-0.3, -0.25) is 15.0 Å². The lowest BCUT2D eigenvalue weighted by molar-refractivity contribution is -0.117. The molecule has 2 atom stereocenters. The highest BCUT2D eigenvalue weighted by atomic mass is 16.5. The summed E-state index contributed by atoms with van der Waals surface area (Å²) in [6.45, 7) is 10.3. The smallest absolute Gasteiger partial charge is 0.240 e. The third-order valence-corrected chi connectivity index (χ3v) is 3.96. The first-order valence-electron chi connectivity index (χ1n) is 7.50. The third-order valence-electron chi connectivity index (χ3n) is 3.96. The van der Waals surface area contributed by atoms with Gasteiger partial charge in [0, 0.05) is 24.1 Å². The van der Waals surface area contributed by atoms with Gasteiger partial charge < -0.3 is 10.3 Å². The molecule has 0 aromatic carbocycles. The molecule has 2 rings (SSSR count). The average Bonchev–Trinajstić information content (AvgIpc) is 2.97. The van der Waals surface area contributed by atoms with Crippen LogP contribution in [0, 0.1) is 5.92 Å². The Morgan fingerprint density at radius 2 is 2.33 bits per heavy atom. The number of anilines is 1. The van der Waals surface area contributed by atoms with Crippen LogP contribution in [0.3, 0.4) is 0 Å². The first-order valence-corrected chi connectivity index (χ1v) is 7.50. The van der Waals surface area contributed by atoms with Gasteiger partial charge in [-0.1, -0.05) is 25.9 Å². The highest BCUT2D eigenvalue weighted by Crippen LogP contribution is 2.23. The van der Waals surface area contributed by atoms with Crippen molar-refractivity contribution in [2.24, 2.45) is 11.7 Å². The van der Waals surface area contributed by atoms with Crippen LogP contribution in [0.1, 0.15) is 39.8 Å². The van der Waals surface area contributed by atoms with Crippen LogP contribution in [-0.4, -0.2) is 41.6 Å². The van der Waals surface area contributed by atoms with Gasteiger partial charge in [-0.25, -0.2) is 0 Å². The summed E-state index contributed by atoms with van der Waals surface area (Å²) in [7, 11) is 0. The summed E-state index contributed by atoms with van der Waals surface area (Å²) in [4.78, 5) is 14.2. The van der Waals surface area contributed by atoms with Gasteiger partial charge in [-0.15, -0.1) is 0 Å². The van der Waals surface area contributed by atoms with E-state index in [0.717, 1.165) is 25.2 Å². The number of hydrogen-bond donors (Lipinski definition) is 2. The Bertz CT molecular complexity index is 490. The molecule has 1 aromatic heterocycles. The number of carbonyl (C=O) groups is 1. The van der Waals surface area contributed by atoms with Gasteiger partial charge in [0.15, 0.2) is 0 Å². The van der Waals surface area contributed by atoms with Gasteiger partial charge >= 0.3 is 0 Å².